The molecule has 0 bridgehead atoms. The lowest BCUT2D eigenvalue weighted by molar-refractivity contribution is 0.206. The number of nitrogens with zero attached hydrogens (tertiary/aromatic N) is 1. The van der Waals surface area contributed by atoms with Crippen LogP contribution in [0.4, 0.5) is 0 Å². The normalized spacial score (nSPS) is 20.3. The molecule has 1 aromatic carbocycles. The Kier molecular flexibility index (Phi) is 4.04. The minimum atomic E-state index is 0.687. The van der Waals surface area contributed by atoms with Gasteiger partial charge in [0.1, 0.15) is 5.75 Å². The summed E-state index contributed by atoms with van der Waals surface area (Å²) in [4.78, 5) is 2.53. The topological polar surface area (TPSA) is 24.5 Å². The van der Waals surface area contributed by atoms with Gasteiger partial charge in [-0.2, -0.15) is 0 Å². The number of benzene rings is 1. The van der Waals surface area contributed by atoms with Crippen LogP contribution in [0.25, 0.3) is 0 Å². The van der Waals surface area contributed by atoms with E-state index < -0.39 is 0 Å². The molecule has 2 heterocycles. The van der Waals surface area contributed by atoms with Crippen molar-refractivity contribution >= 4 is 0 Å². The molecule has 3 heteroatoms. The van der Waals surface area contributed by atoms with Crippen LogP contribution in [0.3, 0.4) is 0 Å². The van der Waals surface area contributed by atoms with E-state index in [-0.39, 0.29) is 0 Å². The second kappa shape index (κ2) is 5.93. The van der Waals surface area contributed by atoms with Crippen molar-refractivity contribution in [3.8, 4) is 5.75 Å². The van der Waals surface area contributed by atoms with Crippen molar-refractivity contribution in [3.63, 3.8) is 0 Å². The Hall–Kier alpha value is -1.06. The second-order valence-corrected chi connectivity index (χ2v) is 5.63. The summed E-state index contributed by atoms with van der Waals surface area (Å²) < 4.78 is 5.55. The molecule has 1 saturated heterocycles. The van der Waals surface area contributed by atoms with Crippen LogP contribution in [0.15, 0.2) is 18.2 Å². The summed E-state index contributed by atoms with van der Waals surface area (Å²) in [5.74, 6) is 1.08. The smallest absolute Gasteiger partial charge is 0.122 e. The number of fused-ring (bicyclic) bond motifs is 1. The fourth-order valence-electron chi connectivity index (χ4n) is 3.07. The number of nitrogens with one attached hydrogen (secondary N) is 1. The lowest BCUT2D eigenvalue weighted by Crippen LogP contribution is -2.42. The highest BCUT2D eigenvalue weighted by Gasteiger charge is 2.17. The molecule has 19 heavy (non-hydrogen) atoms. The van der Waals surface area contributed by atoms with E-state index in [9.17, 15) is 0 Å². The number of hydrogen-bond acceptors (Lipinski definition) is 3. The first-order chi connectivity index (χ1) is 9.35. The highest BCUT2D eigenvalue weighted by molar-refractivity contribution is 5.39. The van der Waals surface area contributed by atoms with E-state index in [4.69, 9.17) is 4.74 Å². The molecule has 0 radical (unpaired) electrons. The molecule has 0 saturated carbocycles. The molecule has 3 nitrogen and oxygen atoms in total. The maximum Gasteiger partial charge on any atom is 0.122 e. The number of piperidine rings is 1. The molecule has 0 aliphatic carbocycles. The molecule has 2 aliphatic rings. The van der Waals surface area contributed by atoms with Crippen LogP contribution >= 0.6 is 0 Å². The van der Waals surface area contributed by atoms with Crippen molar-refractivity contribution in [2.75, 3.05) is 26.2 Å². The van der Waals surface area contributed by atoms with Gasteiger partial charge in [0, 0.05) is 19.0 Å². The van der Waals surface area contributed by atoms with Gasteiger partial charge in [-0.1, -0.05) is 19.1 Å². The number of rotatable bonds is 4. The maximum atomic E-state index is 5.55. The summed E-state index contributed by atoms with van der Waals surface area (Å²) in [6.45, 7) is 7.77. The molecule has 1 aromatic rings. The van der Waals surface area contributed by atoms with E-state index in [1.807, 2.05) is 0 Å². The average Bonchev–Trinajstić information content (AvgIpc) is 2.93. The zero-order valence-corrected chi connectivity index (χ0v) is 11.8. The Morgan fingerprint density at radius 1 is 1.32 bits per heavy atom. The summed E-state index contributed by atoms with van der Waals surface area (Å²) in [5.41, 5.74) is 2.77. The van der Waals surface area contributed by atoms with Gasteiger partial charge in [-0.25, -0.2) is 0 Å². The molecule has 2 aliphatic heterocycles. The van der Waals surface area contributed by atoms with E-state index in [1.165, 1.54) is 43.6 Å². The molecule has 104 valence electrons. The predicted octanol–water partition coefficient (Wildman–Crippen LogP) is 2.20. The highest BCUT2D eigenvalue weighted by atomic mass is 16.5. The van der Waals surface area contributed by atoms with Gasteiger partial charge in [-0.05, 0) is 49.7 Å². The maximum absolute atomic E-state index is 5.55. The van der Waals surface area contributed by atoms with Crippen molar-refractivity contribution in [1.82, 2.24) is 10.2 Å². The number of ether oxygens (including phenoxy) is 1. The predicted molar refractivity (Wildman–Crippen MR) is 77.6 cm³/mol. The van der Waals surface area contributed by atoms with Gasteiger partial charge in [0.2, 0.25) is 0 Å². The summed E-state index contributed by atoms with van der Waals surface area (Å²) in [5, 5.41) is 3.71. The van der Waals surface area contributed by atoms with Crippen LogP contribution in [0.2, 0.25) is 0 Å². The van der Waals surface area contributed by atoms with E-state index >= 15 is 0 Å². The van der Waals surface area contributed by atoms with Gasteiger partial charge < -0.3 is 15.0 Å². The van der Waals surface area contributed by atoms with Gasteiger partial charge in [0.15, 0.2) is 0 Å². The molecule has 1 N–H and O–H groups in total. The summed E-state index contributed by atoms with van der Waals surface area (Å²) in [6, 6.07) is 7.31. The van der Waals surface area contributed by atoms with Crippen molar-refractivity contribution in [1.29, 1.82) is 0 Å². The highest BCUT2D eigenvalue weighted by Crippen LogP contribution is 2.25. The van der Waals surface area contributed by atoms with Gasteiger partial charge in [0.05, 0.1) is 6.61 Å². The Labute approximate surface area is 115 Å². The van der Waals surface area contributed by atoms with E-state index in [0.717, 1.165) is 25.3 Å². The monoisotopic (exact) mass is 260 g/mol. The van der Waals surface area contributed by atoms with Gasteiger partial charge in [-0.3, -0.25) is 0 Å². The van der Waals surface area contributed by atoms with E-state index in [0.29, 0.717) is 6.04 Å². The Balaban J connectivity index is 1.50. The lowest BCUT2D eigenvalue weighted by atomic mass is 10.0. The minimum Gasteiger partial charge on any atom is -0.493 e. The quantitative estimate of drug-likeness (QED) is 0.898. The first kappa shape index (κ1) is 12.9. The summed E-state index contributed by atoms with van der Waals surface area (Å²) >= 11 is 0. The Morgan fingerprint density at radius 3 is 2.95 bits per heavy atom. The molecule has 1 fully saturated rings. The van der Waals surface area contributed by atoms with Crippen LogP contribution in [-0.4, -0.2) is 37.2 Å². The first-order valence-corrected chi connectivity index (χ1v) is 7.55. The SMILES string of the molecule is CCN1CCC(NCc2ccc3c(c2)CCO3)CC1. The van der Waals surface area contributed by atoms with Crippen LogP contribution in [0.5, 0.6) is 5.75 Å². The molecule has 0 atom stereocenters. The third kappa shape index (κ3) is 3.10. The third-order valence-electron chi connectivity index (χ3n) is 4.38. The summed E-state index contributed by atoms with van der Waals surface area (Å²) in [7, 11) is 0. The van der Waals surface area contributed by atoms with Crippen LogP contribution in [-0.2, 0) is 13.0 Å². The standard InChI is InChI=1S/C16H24N2O/c1-2-18-8-5-15(6-9-18)17-12-13-3-4-16-14(11-13)7-10-19-16/h3-4,11,15,17H,2,5-10,12H2,1H3. The van der Waals surface area contributed by atoms with Crippen molar-refractivity contribution < 1.29 is 4.74 Å². The van der Waals surface area contributed by atoms with Gasteiger partial charge >= 0.3 is 0 Å². The number of likely N-dealkylation sites (tertiary alicyclic amines) is 1. The molecule has 0 spiro atoms. The molecule has 0 aromatic heterocycles. The van der Waals surface area contributed by atoms with E-state index in [1.54, 1.807) is 0 Å². The fraction of sp³-hybridized carbons (Fsp3) is 0.625. The second-order valence-electron chi connectivity index (χ2n) is 5.63. The number of hydrogen-bond donors (Lipinski definition) is 1. The first-order valence-electron chi connectivity index (χ1n) is 7.55. The fourth-order valence-corrected chi connectivity index (χ4v) is 3.07. The van der Waals surface area contributed by atoms with Crippen molar-refractivity contribution in [2.24, 2.45) is 0 Å². The average molecular weight is 260 g/mol. The zero-order chi connectivity index (χ0) is 13.1. The lowest BCUT2D eigenvalue weighted by Gasteiger charge is -2.31. The van der Waals surface area contributed by atoms with Crippen LogP contribution < -0.4 is 10.1 Å². The minimum absolute atomic E-state index is 0.687. The molecule has 3 rings (SSSR count). The molecule has 0 unspecified atom stereocenters. The Morgan fingerprint density at radius 2 is 2.16 bits per heavy atom. The van der Waals surface area contributed by atoms with Gasteiger partial charge in [0.25, 0.3) is 0 Å². The van der Waals surface area contributed by atoms with E-state index in [2.05, 4.69) is 35.3 Å². The van der Waals surface area contributed by atoms with Crippen LogP contribution in [0, 0.1) is 0 Å². The van der Waals surface area contributed by atoms with Crippen molar-refractivity contribution in [2.45, 2.75) is 38.8 Å². The zero-order valence-electron chi connectivity index (χ0n) is 11.8. The molecule has 0 amide bonds. The van der Waals surface area contributed by atoms with Crippen molar-refractivity contribution in [3.05, 3.63) is 29.3 Å². The third-order valence-corrected chi connectivity index (χ3v) is 4.38. The Bertz CT molecular complexity index is 425. The summed E-state index contributed by atoms with van der Waals surface area (Å²) in [6.07, 6.45) is 3.63. The van der Waals surface area contributed by atoms with Crippen LogP contribution in [0.1, 0.15) is 30.9 Å². The largest absolute Gasteiger partial charge is 0.493 e. The molecular weight excluding hydrogens is 236 g/mol. The van der Waals surface area contributed by atoms with Gasteiger partial charge in [-0.15, -0.1) is 0 Å². The molecular formula is C16H24N2O.